The largest absolute Gasteiger partial charge is 0.501 e. The number of ether oxygens (including phenoxy) is 1. The van der Waals surface area contributed by atoms with Crippen molar-refractivity contribution in [3.63, 3.8) is 0 Å². The topological polar surface area (TPSA) is 152 Å². The molecule has 2 amide bonds. The van der Waals surface area contributed by atoms with Gasteiger partial charge in [0.2, 0.25) is 0 Å². The predicted molar refractivity (Wildman–Crippen MR) is 292 cm³/mol. The Labute approximate surface area is 449 Å². The zero-order chi connectivity index (χ0) is 54.3. The number of amides is 2. The lowest BCUT2D eigenvalue weighted by Gasteiger charge is -2.44. The van der Waals surface area contributed by atoms with Crippen LogP contribution in [0.25, 0.3) is 5.57 Å². The minimum absolute atomic E-state index is 0.0195. The van der Waals surface area contributed by atoms with Crippen molar-refractivity contribution in [3.8, 4) is 0 Å². The van der Waals surface area contributed by atoms with Gasteiger partial charge in [0.05, 0.1) is 10.6 Å². The number of anilines is 2. The third-order valence-corrected chi connectivity index (χ3v) is 18.0. The molecule has 1 unspecified atom stereocenters. The number of allylic oxidation sites excluding steroid dienone is 1. The van der Waals surface area contributed by atoms with Crippen molar-refractivity contribution in [3.05, 3.63) is 119 Å². The highest BCUT2D eigenvalue weighted by Gasteiger charge is 2.48. The molecule has 1 aliphatic carbocycles. The van der Waals surface area contributed by atoms with Crippen LogP contribution in [0.5, 0.6) is 0 Å². The van der Waals surface area contributed by atoms with Crippen molar-refractivity contribution in [1.82, 2.24) is 24.3 Å². The van der Waals surface area contributed by atoms with E-state index < -0.39 is 58.4 Å². The summed E-state index contributed by atoms with van der Waals surface area (Å²) in [7, 11) is -7.26. The smallest absolute Gasteiger partial charge is 0.444 e. The molecule has 2 N–H and O–H groups in total. The normalized spacial score (nSPS) is 19.0. The number of sulfone groups is 1. The number of nitrogens with zero attached hydrogens (tertiary/aromatic N) is 5. The Kier molecular flexibility index (Phi) is 18.7. The highest BCUT2D eigenvalue weighted by Crippen LogP contribution is 2.44. The molecule has 2 fully saturated rings. The number of thioether (sulfide) groups is 1. The number of hydrogen-bond acceptors (Lipinski definition) is 13. The van der Waals surface area contributed by atoms with Crippen LogP contribution in [0, 0.1) is 5.41 Å². The number of alkyl halides is 3. The van der Waals surface area contributed by atoms with Gasteiger partial charge in [0.25, 0.3) is 25.8 Å². The number of carbonyl (C=O) groups excluding carboxylic acids is 2. The zero-order valence-electron chi connectivity index (χ0n) is 43.5. The summed E-state index contributed by atoms with van der Waals surface area (Å²) < 4.78 is 103. The van der Waals surface area contributed by atoms with Gasteiger partial charge in [0.15, 0.2) is 0 Å². The first-order chi connectivity index (χ1) is 35.3. The monoisotopic (exact) mass is 1120 g/mol. The van der Waals surface area contributed by atoms with Crippen LogP contribution in [0.4, 0.5) is 29.3 Å². The van der Waals surface area contributed by atoms with Gasteiger partial charge in [-0.05, 0) is 150 Å². The second-order valence-electron chi connectivity index (χ2n) is 21.2. The molecule has 4 aromatic rings. The van der Waals surface area contributed by atoms with E-state index in [1.54, 1.807) is 17.0 Å². The van der Waals surface area contributed by atoms with Gasteiger partial charge in [-0.3, -0.25) is 14.6 Å². The molecule has 21 heteroatoms. The highest BCUT2D eigenvalue weighted by molar-refractivity contribution is 7.99. The summed E-state index contributed by atoms with van der Waals surface area (Å²) in [5.41, 5.74) is -1.93. The van der Waals surface area contributed by atoms with Crippen LogP contribution in [0.15, 0.2) is 117 Å². The summed E-state index contributed by atoms with van der Waals surface area (Å²) in [6.07, 6.45) is 3.05. The Morgan fingerprint density at radius 3 is 2.09 bits per heavy atom. The molecule has 2 heterocycles. The predicted octanol–water partition coefficient (Wildman–Crippen LogP) is 9.60. The molecule has 0 radical (unpaired) electrons. The lowest BCUT2D eigenvalue weighted by Crippen LogP contribution is -2.52. The van der Waals surface area contributed by atoms with Crippen LogP contribution in [-0.2, 0) is 24.6 Å². The first kappa shape index (κ1) is 57.9. The maximum absolute atomic E-state index is 14.2. The van der Waals surface area contributed by atoms with Gasteiger partial charge in [-0.1, -0.05) is 54.4 Å². The van der Waals surface area contributed by atoms with Crippen LogP contribution < -0.4 is 14.9 Å². The van der Waals surface area contributed by atoms with Crippen LogP contribution in [0.2, 0.25) is 5.02 Å². The van der Waals surface area contributed by atoms with E-state index in [0.29, 0.717) is 56.0 Å². The van der Waals surface area contributed by atoms with Crippen molar-refractivity contribution in [2.75, 3.05) is 102 Å². The third-order valence-electron chi connectivity index (χ3n) is 13.7. The zero-order valence-corrected chi connectivity index (χ0v) is 46.7. The van der Waals surface area contributed by atoms with Crippen LogP contribution in [-0.4, -0.2) is 157 Å². The number of sulfonamides is 1. The van der Waals surface area contributed by atoms with E-state index in [2.05, 4.69) is 39.1 Å². The molecule has 2 saturated heterocycles. The molecule has 3 aliphatic rings. The van der Waals surface area contributed by atoms with Crippen LogP contribution in [0.1, 0.15) is 69.3 Å². The van der Waals surface area contributed by atoms with E-state index >= 15 is 0 Å². The molecular formula is C54H69ClF3N7O7S3. The molecular weight excluding hydrogens is 1050 g/mol. The SMILES string of the molecule is CN(C)CC[C@H](CSc1ccccc1)Nc1ccc(S(=O)(=O)NC(=O)c2ccc(N3CCN(CC4=C(c5ccc(Cl)cc5)CCC(C)(CN5CCN(C(=O)OC(C)(C)C)CC5)C4)CC3)cc2)cc1S(=O)(=O)C(F)(F)F. The Morgan fingerprint density at radius 1 is 0.840 bits per heavy atom. The molecule has 4 aromatic carbocycles. The Morgan fingerprint density at radius 2 is 1.48 bits per heavy atom. The van der Waals surface area contributed by atoms with Crippen molar-refractivity contribution >= 4 is 72.2 Å². The van der Waals surface area contributed by atoms with E-state index in [0.717, 1.165) is 81.2 Å². The van der Waals surface area contributed by atoms with Gasteiger partial charge in [0.1, 0.15) is 10.5 Å². The van der Waals surface area contributed by atoms with Gasteiger partial charge >= 0.3 is 11.6 Å². The van der Waals surface area contributed by atoms with E-state index in [-0.39, 0.29) is 17.1 Å². The Balaban J connectivity index is 0.985. The molecule has 2 atom stereocenters. The van der Waals surface area contributed by atoms with E-state index in [4.69, 9.17) is 16.3 Å². The summed E-state index contributed by atoms with van der Waals surface area (Å²) in [6.45, 7) is 16.0. The van der Waals surface area contributed by atoms with Gasteiger partial charge in [-0.2, -0.15) is 13.2 Å². The lowest BCUT2D eigenvalue weighted by atomic mass is 9.71. The van der Waals surface area contributed by atoms with Gasteiger partial charge in [-0.25, -0.2) is 26.4 Å². The van der Waals surface area contributed by atoms with Crippen LogP contribution in [0.3, 0.4) is 0 Å². The summed E-state index contributed by atoms with van der Waals surface area (Å²) in [4.78, 5) is 35.8. The number of nitrogens with one attached hydrogen (secondary N) is 2. The molecule has 0 saturated carbocycles. The molecule has 0 aromatic heterocycles. The number of hydrogen-bond donors (Lipinski definition) is 2. The summed E-state index contributed by atoms with van der Waals surface area (Å²) in [6, 6.07) is 25.7. The molecule has 408 valence electrons. The average Bonchev–Trinajstić information content (AvgIpc) is 3.35. The second kappa shape index (κ2) is 24.2. The fourth-order valence-electron chi connectivity index (χ4n) is 9.73. The van der Waals surface area contributed by atoms with Gasteiger partial charge < -0.3 is 24.8 Å². The number of benzene rings is 4. The minimum atomic E-state index is -6.06. The number of halogens is 4. The van der Waals surface area contributed by atoms with Gasteiger partial charge in [-0.15, -0.1) is 11.8 Å². The van der Waals surface area contributed by atoms with Crippen molar-refractivity contribution < 1.29 is 44.3 Å². The van der Waals surface area contributed by atoms with E-state index in [1.165, 1.54) is 40.6 Å². The van der Waals surface area contributed by atoms with E-state index in [9.17, 15) is 39.6 Å². The second-order valence-corrected chi connectivity index (χ2v) is 26.4. The molecule has 0 spiro atoms. The fourth-order valence-corrected chi connectivity index (χ4v) is 12.9. The molecule has 14 nitrogen and oxygen atoms in total. The number of piperazine rings is 2. The Bertz CT molecular complexity index is 2870. The van der Waals surface area contributed by atoms with Gasteiger partial charge in [0, 0.05) is 98.4 Å². The fraction of sp³-hybridized carbons (Fsp3) is 0.481. The minimum Gasteiger partial charge on any atom is -0.444 e. The molecule has 2 aliphatic heterocycles. The highest BCUT2D eigenvalue weighted by atomic mass is 35.5. The maximum atomic E-state index is 14.2. The number of rotatable bonds is 18. The lowest BCUT2D eigenvalue weighted by molar-refractivity contribution is -0.0436. The quantitative estimate of drug-likeness (QED) is 0.0911. The number of carbonyl (C=O) groups is 2. The van der Waals surface area contributed by atoms with Crippen LogP contribution >= 0.6 is 23.4 Å². The summed E-state index contributed by atoms with van der Waals surface area (Å²) in [5.74, 6) is -0.677. The van der Waals surface area contributed by atoms with Crippen molar-refractivity contribution in [1.29, 1.82) is 0 Å². The molecule has 7 rings (SSSR count). The summed E-state index contributed by atoms with van der Waals surface area (Å²) in [5, 5.41) is 3.63. The van der Waals surface area contributed by atoms with Crippen molar-refractivity contribution in [2.24, 2.45) is 5.41 Å². The first-order valence-corrected chi connectivity index (χ1v) is 29.5. The Hall–Kier alpha value is -4.83. The summed E-state index contributed by atoms with van der Waals surface area (Å²) >= 11 is 7.75. The standard InChI is InChI=1S/C54H69ClF3N7O7S3/c1-52(2,3)72-51(67)65-32-28-63(29-33-65)38-53(4)24-22-47(39-12-16-42(55)17-13-39)41(35-53)36-62-26-30-64(31-27-62)44-18-14-40(15-19-44)50(66)60-75(70,71)46-20-21-48(49(34-46)74(68,69)54(56,57)58)59-43(23-25-61(5)6)37-73-45-10-8-7-9-11-45/h7-21,34,43,59H,22-33,35-38H2,1-6H3,(H,60,66)/t43-,53?/m1/s1. The molecule has 75 heavy (non-hydrogen) atoms. The average molecular weight is 1120 g/mol. The van der Waals surface area contributed by atoms with E-state index in [1.807, 2.05) is 87.0 Å². The first-order valence-electron chi connectivity index (χ1n) is 25.1. The van der Waals surface area contributed by atoms with Crippen molar-refractivity contribution in [2.45, 2.75) is 85.2 Å². The maximum Gasteiger partial charge on any atom is 0.501 e. The third kappa shape index (κ3) is 15.7. The molecule has 0 bridgehead atoms.